The van der Waals surface area contributed by atoms with Crippen LogP contribution in [-0.2, 0) is 23.2 Å². The second-order valence-corrected chi connectivity index (χ2v) is 8.92. The molecule has 1 aliphatic rings. The Bertz CT molecular complexity index is 1140. The van der Waals surface area contributed by atoms with E-state index in [1.165, 1.54) is 11.6 Å². The highest BCUT2D eigenvalue weighted by Gasteiger charge is 2.39. The zero-order valence-corrected chi connectivity index (χ0v) is 17.9. The minimum atomic E-state index is -4.78. The number of nitrogens with one attached hydrogen (secondary N) is 3. The van der Waals surface area contributed by atoms with Crippen LogP contribution < -0.4 is 14.8 Å². The molecule has 3 N–H and O–H groups in total. The van der Waals surface area contributed by atoms with Crippen LogP contribution in [0.5, 0.6) is 0 Å². The van der Waals surface area contributed by atoms with E-state index in [0.29, 0.717) is 38.4 Å². The second kappa shape index (κ2) is 8.70. The van der Waals surface area contributed by atoms with Gasteiger partial charge < -0.3 is 9.88 Å². The van der Waals surface area contributed by atoms with Gasteiger partial charge in [0.2, 0.25) is 0 Å². The highest BCUT2D eigenvalue weighted by molar-refractivity contribution is 7.90. The summed E-state index contributed by atoms with van der Waals surface area (Å²) in [5.74, 6) is -2.94. The van der Waals surface area contributed by atoms with Crippen molar-refractivity contribution in [1.82, 2.24) is 9.29 Å². The van der Waals surface area contributed by atoms with Crippen molar-refractivity contribution in [3.63, 3.8) is 0 Å². The van der Waals surface area contributed by atoms with E-state index in [9.17, 15) is 35.2 Å². The van der Waals surface area contributed by atoms with Gasteiger partial charge in [-0.05, 0) is 45.2 Å². The molecule has 0 saturated carbocycles. The first kappa shape index (κ1) is 24.0. The Morgan fingerprint density at radius 2 is 1.84 bits per heavy atom. The van der Waals surface area contributed by atoms with Crippen molar-refractivity contribution in [2.75, 3.05) is 10.0 Å². The van der Waals surface area contributed by atoms with Crippen molar-refractivity contribution < 1.29 is 35.2 Å². The highest BCUT2D eigenvalue weighted by atomic mass is 32.2. The van der Waals surface area contributed by atoms with Gasteiger partial charge in [-0.3, -0.25) is 9.52 Å². The van der Waals surface area contributed by atoms with Crippen LogP contribution in [0, 0.1) is 18.6 Å². The molecule has 2 aromatic rings. The highest BCUT2D eigenvalue weighted by Crippen LogP contribution is 2.34. The molecule has 0 saturated heterocycles. The quantitative estimate of drug-likeness (QED) is 0.549. The summed E-state index contributed by atoms with van der Waals surface area (Å²) in [5, 5.41) is 2.44. The smallest absolute Gasteiger partial charge is 0.338 e. The molecular formula is C19H21F5N4O3S. The fourth-order valence-corrected chi connectivity index (χ4v) is 4.73. The van der Waals surface area contributed by atoms with Crippen molar-refractivity contribution >= 4 is 27.5 Å². The summed E-state index contributed by atoms with van der Waals surface area (Å²) in [4.78, 5) is 12.9. The lowest BCUT2D eigenvalue weighted by Crippen LogP contribution is -2.45. The van der Waals surface area contributed by atoms with Crippen LogP contribution in [0.25, 0.3) is 0 Å². The standard InChI is InChI=1S/C19H21F5N4O3S/c1-10-16(27-32(30,31)26-11(2)19(22,23)24)15-5-3-4-8-28(15)17(10)18(29)25-12-6-7-13(20)14(21)9-12/h6-7,9,11,26-27H,3-5,8H2,1-2H3,(H,25,29). The maximum atomic E-state index is 13.5. The number of alkyl halides is 3. The fraction of sp³-hybridized carbons (Fsp3) is 0.421. The van der Waals surface area contributed by atoms with Crippen molar-refractivity contribution in [1.29, 1.82) is 0 Å². The molecule has 176 valence electrons. The summed E-state index contributed by atoms with van der Waals surface area (Å²) in [6.07, 6.45) is -3.00. The van der Waals surface area contributed by atoms with Gasteiger partial charge in [0, 0.05) is 29.6 Å². The van der Waals surface area contributed by atoms with Gasteiger partial charge in [0.05, 0.1) is 5.69 Å². The van der Waals surface area contributed by atoms with E-state index in [0.717, 1.165) is 18.2 Å². The Labute approximate surface area is 181 Å². The van der Waals surface area contributed by atoms with Crippen molar-refractivity contribution in [2.24, 2.45) is 0 Å². The van der Waals surface area contributed by atoms with E-state index in [2.05, 4.69) is 10.0 Å². The van der Waals surface area contributed by atoms with E-state index in [4.69, 9.17) is 0 Å². The molecule has 1 atom stereocenters. The number of rotatable bonds is 6. The Kier molecular flexibility index (Phi) is 6.52. The Balaban J connectivity index is 1.94. The second-order valence-electron chi connectivity index (χ2n) is 7.47. The van der Waals surface area contributed by atoms with Crippen LogP contribution in [0.2, 0.25) is 0 Å². The molecule has 1 aromatic heterocycles. The number of anilines is 2. The van der Waals surface area contributed by atoms with Gasteiger partial charge in [-0.15, -0.1) is 0 Å². The van der Waals surface area contributed by atoms with Gasteiger partial charge in [0.25, 0.3) is 16.1 Å². The molecule has 0 bridgehead atoms. The van der Waals surface area contributed by atoms with Gasteiger partial charge >= 0.3 is 6.18 Å². The molecule has 1 aliphatic heterocycles. The van der Waals surface area contributed by atoms with E-state index >= 15 is 0 Å². The first-order chi connectivity index (χ1) is 14.8. The molecule has 7 nitrogen and oxygen atoms in total. The van der Waals surface area contributed by atoms with E-state index in [-0.39, 0.29) is 22.6 Å². The van der Waals surface area contributed by atoms with Crippen molar-refractivity contribution in [2.45, 2.75) is 51.9 Å². The molecule has 0 fully saturated rings. The number of benzene rings is 1. The molecule has 0 radical (unpaired) electrons. The van der Waals surface area contributed by atoms with Gasteiger partial charge in [-0.1, -0.05) is 0 Å². The molecule has 1 amide bonds. The maximum absolute atomic E-state index is 13.5. The predicted molar refractivity (Wildman–Crippen MR) is 108 cm³/mol. The predicted octanol–water partition coefficient (Wildman–Crippen LogP) is 3.86. The summed E-state index contributed by atoms with van der Waals surface area (Å²) < 4.78 is 94.8. The first-order valence-electron chi connectivity index (χ1n) is 9.65. The number of carbonyl (C=O) groups is 1. The van der Waals surface area contributed by atoms with Gasteiger partial charge in [0.15, 0.2) is 11.6 Å². The number of hydrogen-bond donors (Lipinski definition) is 3. The molecule has 13 heteroatoms. The number of amides is 1. The lowest BCUT2D eigenvalue weighted by atomic mass is 10.1. The molecule has 1 aromatic carbocycles. The van der Waals surface area contributed by atoms with Crippen molar-refractivity contribution in [3.05, 3.63) is 46.8 Å². The average Bonchev–Trinajstić information content (AvgIpc) is 2.95. The molecule has 0 spiro atoms. The molecule has 2 heterocycles. The van der Waals surface area contributed by atoms with E-state index in [1.807, 2.05) is 0 Å². The minimum Gasteiger partial charge on any atom is -0.338 e. The van der Waals surface area contributed by atoms with Crippen LogP contribution in [0.15, 0.2) is 18.2 Å². The molecule has 3 rings (SSSR count). The fourth-order valence-electron chi connectivity index (χ4n) is 3.53. The third kappa shape index (κ3) is 5.04. The Hall–Kier alpha value is -2.67. The Morgan fingerprint density at radius 1 is 1.16 bits per heavy atom. The third-order valence-electron chi connectivity index (χ3n) is 5.11. The monoisotopic (exact) mass is 480 g/mol. The van der Waals surface area contributed by atoms with Crippen LogP contribution >= 0.6 is 0 Å². The zero-order chi connectivity index (χ0) is 23.8. The van der Waals surface area contributed by atoms with Crippen LogP contribution in [0.1, 0.15) is 41.5 Å². The third-order valence-corrected chi connectivity index (χ3v) is 6.25. The summed E-state index contributed by atoms with van der Waals surface area (Å²) in [6.45, 7) is 2.50. The number of fused-ring (bicyclic) bond motifs is 1. The summed E-state index contributed by atoms with van der Waals surface area (Å²) >= 11 is 0. The van der Waals surface area contributed by atoms with Gasteiger partial charge in [0.1, 0.15) is 11.7 Å². The van der Waals surface area contributed by atoms with E-state index in [1.54, 1.807) is 4.57 Å². The summed E-state index contributed by atoms with van der Waals surface area (Å²) in [5.41, 5.74) is 0.733. The SMILES string of the molecule is Cc1c(NS(=O)(=O)NC(C)C(F)(F)F)c2n(c1C(=O)Nc1ccc(F)c(F)c1)CCCC2. The van der Waals surface area contributed by atoms with Crippen LogP contribution in [0.4, 0.5) is 33.3 Å². The number of halogens is 5. The largest absolute Gasteiger partial charge is 0.404 e. The average molecular weight is 480 g/mol. The molecule has 0 aliphatic carbocycles. The van der Waals surface area contributed by atoms with E-state index < -0.39 is 40.0 Å². The molecule has 1 unspecified atom stereocenters. The number of aromatic nitrogens is 1. The van der Waals surface area contributed by atoms with Crippen LogP contribution in [-0.4, -0.2) is 31.1 Å². The first-order valence-corrected chi connectivity index (χ1v) is 11.1. The van der Waals surface area contributed by atoms with Crippen molar-refractivity contribution in [3.8, 4) is 0 Å². The topological polar surface area (TPSA) is 92.2 Å². The molecule has 32 heavy (non-hydrogen) atoms. The van der Waals surface area contributed by atoms with Crippen LogP contribution in [0.3, 0.4) is 0 Å². The maximum Gasteiger partial charge on any atom is 0.404 e. The summed E-state index contributed by atoms with van der Waals surface area (Å²) in [6, 6.07) is 0.486. The number of carbonyl (C=O) groups excluding carboxylic acids is 1. The minimum absolute atomic E-state index is 0.0116. The van der Waals surface area contributed by atoms with Gasteiger partial charge in [-0.2, -0.15) is 26.3 Å². The summed E-state index contributed by atoms with van der Waals surface area (Å²) in [7, 11) is -4.61. The van der Waals surface area contributed by atoms with Gasteiger partial charge in [-0.25, -0.2) is 8.78 Å². The number of nitrogens with zero attached hydrogens (tertiary/aromatic N) is 1. The Morgan fingerprint density at radius 3 is 2.47 bits per heavy atom. The normalized spacial score (nSPS) is 15.2. The zero-order valence-electron chi connectivity index (χ0n) is 17.1. The lowest BCUT2D eigenvalue weighted by Gasteiger charge is -2.20. The lowest BCUT2D eigenvalue weighted by molar-refractivity contribution is -0.147. The number of hydrogen-bond acceptors (Lipinski definition) is 3. The molecular weight excluding hydrogens is 459 g/mol.